The molecule has 0 aliphatic carbocycles. The highest BCUT2D eigenvalue weighted by molar-refractivity contribution is 6.09. The lowest BCUT2D eigenvalue weighted by Gasteiger charge is -2.28. The van der Waals surface area contributed by atoms with Gasteiger partial charge in [-0.05, 0) is 30.3 Å². The predicted octanol–water partition coefficient (Wildman–Crippen LogP) is 2.02. The van der Waals surface area contributed by atoms with E-state index in [0.717, 1.165) is 0 Å². The summed E-state index contributed by atoms with van der Waals surface area (Å²) in [7, 11) is 1.65. The number of nitrogens with one attached hydrogen (secondary N) is 1. The van der Waals surface area contributed by atoms with Gasteiger partial charge >= 0.3 is 0 Å². The van der Waals surface area contributed by atoms with E-state index in [9.17, 15) is 9.59 Å². The number of ether oxygens (including phenoxy) is 3. The number of para-hydroxylation sites is 1. The number of fused-ring (bicyclic) bond motifs is 2. The number of anilines is 2. The first-order chi connectivity index (χ1) is 11.6. The zero-order chi connectivity index (χ0) is 16.7. The summed E-state index contributed by atoms with van der Waals surface area (Å²) in [5, 5.41) is 2.82. The maximum atomic E-state index is 12.5. The van der Waals surface area contributed by atoms with Crippen LogP contribution in [0.15, 0.2) is 36.4 Å². The van der Waals surface area contributed by atoms with Crippen molar-refractivity contribution >= 4 is 23.2 Å². The van der Waals surface area contributed by atoms with Crippen molar-refractivity contribution in [3.63, 3.8) is 0 Å². The normalized spacial score (nSPS) is 14.9. The highest BCUT2D eigenvalue weighted by atomic mass is 16.7. The quantitative estimate of drug-likeness (QED) is 0.914. The number of likely N-dealkylation sites (N-methyl/N-ethyl adjacent to an activating group) is 1. The Morgan fingerprint density at radius 3 is 2.79 bits per heavy atom. The summed E-state index contributed by atoms with van der Waals surface area (Å²) in [4.78, 5) is 25.9. The monoisotopic (exact) mass is 326 g/mol. The molecule has 0 atom stereocenters. The molecule has 7 heteroatoms. The number of carbonyl (C=O) groups is 2. The highest BCUT2D eigenvalue weighted by Crippen LogP contribution is 2.38. The molecule has 1 N–H and O–H groups in total. The second-order valence-corrected chi connectivity index (χ2v) is 5.42. The Labute approximate surface area is 137 Å². The minimum absolute atomic E-state index is 0.0109. The van der Waals surface area contributed by atoms with Crippen molar-refractivity contribution in [3.8, 4) is 17.2 Å². The minimum atomic E-state index is -0.312. The first-order valence-electron chi connectivity index (χ1n) is 7.37. The summed E-state index contributed by atoms with van der Waals surface area (Å²) in [6.07, 6.45) is 0. The standard InChI is InChI=1S/C17H14N2O5/c1-19-15(20)8-22-13-4-2-3-11(16(13)19)18-17(21)10-5-6-12-14(7-10)24-9-23-12/h2-7H,8-9H2,1H3,(H,18,21). The third-order valence-electron chi connectivity index (χ3n) is 3.94. The SMILES string of the molecule is CN1C(=O)COc2cccc(NC(=O)c3ccc4c(c3)OCO4)c21. The molecule has 2 aliphatic heterocycles. The van der Waals surface area contributed by atoms with Crippen LogP contribution in [-0.4, -0.2) is 32.3 Å². The number of hydrogen-bond acceptors (Lipinski definition) is 5. The zero-order valence-corrected chi connectivity index (χ0v) is 12.9. The molecule has 0 unspecified atom stereocenters. The van der Waals surface area contributed by atoms with E-state index in [4.69, 9.17) is 14.2 Å². The molecule has 122 valence electrons. The average Bonchev–Trinajstić information content (AvgIpc) is 3.06. The van der Waals surface area contributed by atoms with Gasteiger partial charge in [0.1, 0.15) is 11.4 Å². The highest BCUT2D eigenvalue weighted by Gasteiger charge is 2.26. The molecule has 2 aromatic rings. The van der Waals surface area contributed by atoms with E-state index in [-0.39, 0.29) is 25.2 Å². The van der Waals surface area contributed by atoms with Gasteiger partial charge in [-0.1, -0.05) is 6.07 Å². The summed E-state index contributed by atoms with van der Waals surface area (Å²) in [6, 6.07) is 10.2. The second kappa shape index (κ2) is 5.45. The number of carbonyl (C=O) groups excluding carboxylic acids is 2. The van der Waals surface area contributed by atoms with Crippen molar-refractivity contribution < 1.29 is 23.8 Å². The van der Waals surface area contributed by atoms with Gasteiger partial charge in [0.2, 0.25) is 6.79 Å². The third-order valence-corrected chi connectivity index (χ3v) is 3.94. The Balaban J connectivity index is 1.64. The number of rotatable bonds is 2. The average molecular weight is 326 g/mol. The van der Waals surface area contributed by atoms with Gasteiger partial charge in [-0.3, -0.25) is 9.59 Å². The van der Waals surface area contributed by atoms with Crippen LogP contribution in [0.25, 0.3) is 0 Å². The fourth-order valence-electron chi connectivity index (χ4n) is 2.68. The number of benzene rings is 2. The van der Waals surface area contributed by atoms with Crippen LogP contribution < -0.4 is 24.4 Å². The molecule has 0 spiro atoms. The van der Waals surface area contributed by atoms with Gasteiger partial charge in [-0.15, -0.1) is 0 Å². The van der Waals surface area contributed by atoms with Gasteiger partial charge in [0, 0.05) is 12.6 Å². The van der Waals surface area contributed by atoms with E-state index in [2.05, 4.69) is 5.32 Å². The predicted molar refractivity (Wildman–Crippen MR) is 85.9 cm³/mol. The van der Waals surface area contributed by atoms with Crippen LogP contribution in [-0.2, 0) is 4.79 Å². The van der Waals surface area contributed by atoms with Crippen LogP contribution in [0, 0.1) is 0 Å². The largest absolute Gasteiger partial charge is 0.481 e. The molecule has 0 saturated carbocycles. The summed E-state index contributed by atoms with van der Waals surface area (Å²) < 4.78 is 15.9. The van der Waals surface area contributed by atoms with Crippen LogP contribution in [0.4, 0.5) is 11.4 Å². The van der Waals surface area contributed by atoms with Crippen molar-refractivity contribution in [2.75, 3.05) is 30.7 Å². The first-order valence-corrected chi connectivity index (χ1v) is 7.37. The van der Waals surface area contributed by atoms with Crippen molar-refractivity contribution in [2.24, 2.45) is 0 Å². The Bertz CT molecular complexity index is 849. The molecule has 2 aromatic carbocycles. The van der Waals surface area contributed by atoms with Gasteiger partial charge in [0.15, 0.2) is 18.1 Å². The molecule has 0 aromatic heterocycles. The van der Waals surface area contributed by atoms with Crippen LogP contribution >= 0.6 is 0 Å². The second-order valence-electron chi connectivity index (χ2n) is 5.42. The molecule has 7 nitrogen and oxygen atoms in total. The van der Waals surface area contributed by atoms with Gasteiger partial charge < -0.3 is 24.4 Å². The molecular weight excluding hydrogens is 312 g/mol. The lowest BCUT2D eigenvalue weighted by molar-refractivity contribution is -0.120. The smallest absolute Gasteiger partial charge is 0.264 e. The third kappa shape index (κ3) is 2.30. The molecule has 2 heterocycles. The maximum absolute atomic E-state index is 12.5. The molecular formula is C17H14N2O5. The molecule has 0 radical (unpaired) electrons. The maximum Gasteiger partial charge on any atom is 0.264 e. The van der Waals surface area contributed by atoms with E-state index in [1.165, 1.54) is 4.90 Å². The number of amides is 2. The van der Waals surface area contributed by atoms with E-state index in [1.54, 1.807) is 43.4 Å². The van der Waals surface area contributed by atoms with Crippen molar-refractivity contribution in [1.29, 1.82) is 0 Å². The molecule has 2 aliphatic rings. The van der Waals surface area contributed by atoms with E-state index in [0.29, 0.717) is 34.2 Å². The summed E-state index contributed by atoms with van der Waals surface area (Å²) >= 11 is 0. The molecule has 2 amide bonds. The lowest BCUT2D eigenvalue weighted by Crippen LogP contribution is -2.36. The summed E-state index contributed by atoms with van der Waals surface area (Å²) in [6.45, 7) is 0.139. The lowest BCUT2D eigenvalue weighted by atomic mass is 10.1. The van der Waals surface area contributed by atoms with Gasteiger partial charge in [0.05, 0.1) is 5.69 Å². The van der Waals surface area contributed by atoms with Gasteiger partial charge in [-0.2, -0.15) is 0 Å². The Morgan fingerprint density at radius 2 is 1.92 bits per heavy atom. The van der Waals surface area contributed by atoms with Crippen LogP contribution in [0.2, 0.25) is 0 Å². The fraction of sp³-hybridized carbons (Fsp3) is 0.176. The minimum Gasteiger partial charge on any atom is -0.481 e. The topological polar surface area (TPSA) is 77.1 Å². The molecule has 4 rings (SSSR count). The Kier molecular flexibility index (Phi) is 3.26. The first kappa shape index (κ1) is 14.4. The van der Waals surface area contributed by atoms with Crippen LogP contribution in [0.5, 0.6) is 17.2 Å². The fourth-order valence-corrected chi connectivity index (χ4v) is 2.68. The number of hydrogen-bond donors (Lipinski definition) is 1. The zero-order valence-electron chi connectivity index (χ0n) is 12.9. The molecule has 24 heavy (non-hydrogen) atoms. The number of nitrogens with zero attached hydrogens (tertiary/aromatic N) is 1. The van der Waals surface area contributed by atoms with Crippen LogP contribution in [0.1, 0.15) is 10.4 Å². The van der Waals surface area contributed by atoms with Gasteiger partial charge in [0.25, 0.3) is 11.8 Å². The Hall–Kier alpha value is -3.22. The molecule has 0 bridgehead atoms. The van der Waals surface area contributed by atoms with Crippen LogP contribution in [0.3, 0.4) is 0 Å². The van der Waals surface area contributed by atoms with Gasteiger partial charge in [-0.25, -0.2) is 0 Å². The van der Waals surface area contributed by atoms with E-state index < -0.39 is 0 Å². The van der Waals surface area contributed by atoms with E-state index in [1.807, 2.05) is 0 Å². The summed E-state index contributed by atoms with van der Waals surface area (Å²) in [5.74, 6) is 1.22. The van der Waals surface area contributed by atoms with E-state index >= 15 is 0 Å². The Morgan fingerprint density at radius 1 is 1.08 bits per heavy atom. The van der Waals surface area contributed by atoms with Crippen molar-refractivity contribution in [2.45, 2.75) is 0 Å². The summed E-state index contributed by atoms with van der Waals surface area (Å²) in [5.41, 5.74) is 1.48. The van der Waals surface area contributed by atoms with Crippen molar-refractivity contribution in [1.82, 2.24) is 0 Å². The molecule has 0 fully saturated rings. The van der Waals surface area contributed by atoms with Crippen molar-refractivity contribution in [3.05, 3.63) is 42.0 Å². The molecule has 0 saturated heterocycles.